The van der Waals surface area contributed by atoms with Crippen LogP contribution in [0.15, 0.2) is 41.8 Å². The van der Waals surface area contributed by atoms with Crippen molar-refractivity contribution in [3.05, 3.63) is 70.1 Å². The molecule has 2 heterocycles. The van der Waals surface area contributed by atoms with Gasteiger partial charge in [-0.15, -0.1) is 11.3 Å². The van der Waals surface area contributed by atoms with Gasteiger partial charge in [-0.05, 0) is 48.7 Å². The Hall–Kier alpha value is -2.86. The number of benzene rings is 2. The van der Waals surface area contributed by atoms with Crippen molar-refractivity contribution < 1.29 is 9.18 Å². The van der Waals surface area contributed by atoms with Crippen molar-refractivity contribution in [1.29, 1.82) is 0 Å². The van der Waals surface area contributed by atoms with Crippen LogP contribution in [0.5, 0.6) is 0 Å². The lowest BCUT2D eigenvalue weighted by molar-refractivity contribution is 0.0955. The number of hydrogen-bond acceptors (Lipinski definition) is 4. The summed E-state index contributed by atoms with van der Waals surface area (Å²) >= 11 is 1.70. The summed E-state index contributed by atoms with van der Waals surface area (Å²) in [5.41, 5.74) is 3.70. The fourth-order valence-corrected chi connectivity index (χ4v) is 4.10. The van der Waals surface area contributed by atoms with Gasteiger partial charge in [-0.1, -0.05) is 18.2 Å². The van der Waals surface area contributed by atoms with Crippen LogP contribution in [-0.2, 0) is 6.42 Å². The maximum atomic E-state index is 14.0. The molecule has 0 bridgehead atoms. The van der Waals surface area contributed by atoms with Crippen molar-refractivity contribution in [3.63, 3.8) is 0 Å². The fraction of sp³-hybridized carbons (Fsp3) is 0.190. The lowest BCUT2D eigenvalue weighted by atomic mass is 10.1. The Bertz CT molecular complexity index is 1170. The first-order valence-corrected chi connectivity index (χ1v) is 9.58. The Morgan fingerprint density at radius 2 is 1.93 bits per heavy atom. The first-order valence-electron chi connectivity index (χ1n) is 8.71. The average Bonchev–Trinajstić information content (AvgIpc) is 3.06. The van der Waals surface area contributed by atoms with E-state index in [-0.39, 0.29) is 11.5 Å². The van der Waals surface area contributed by atoms with E-state index in [1.165, 1.54) is 27.8 Å². The van der Waals surface area contributed by atoms with Crippen LogP contribution in [0.3, 0.4) is 0 Å². The van der Waals surface area contributed by atoms with Crippen LogP contribution in [0.2, 0.25) is 0 Å². The fourth-order valence-electron chi connectivity index (χ4n) is 3.10. The zero-order valence-corrected chi connectivity index (χ0v) is 15.9. The maximum Gasteiger partial charge on any atom is 0.253 e. The highest BCUT2D eigenvalue weighted by atomic mass is 32.1. The van der Waals surface area contributed by atoms with Crippen molar-refractivity contribution in [1.82, 2.24) is 15.3 Å². The van der Waals surface area contributed by atoms with E-state index in [9.17, 15) is 9.18 Å². The van der Waals surface area contributed by atoms with Crippen molar-refractivity contribution in [2.75, 3.05) is 6.54 Å². The summed E-state index contributed by atoms with van der Waals surface area (Å²) in [6.07, 6.45) is 0.715. The molecule has 0 unspecified atom stereocenters. The molecule has 1 N–H and O–H groups in total. The number of thiophene rings is 1. The molecule has 0 saturated heterocycles. The molecule has 136 valence electrons. The molecule has 4 nitrogen and oxygen atoms in total. The minimum atomic E-state index is -0.492. The minimum Gasteiger partial charge on any atom is -0.352 e. The van der Waals surface area contributed by atoms with E-state index in [0.717, 1.165) is 11.4 Å². The number of aromatic nitrogens is 2. The number of aryl methyl sites for hydroxylation is 2. The second kappa shape index (κ2) is 7.04. The van der Waals surface area contributed by atoms with Gasteiger partial charge in [0.15, 0.2) is 0 Å². The normalized spacial score (nSPS) is 11.2. The van der Waals surface area contributed by atoms with E-state index in [1.54, 1.807) is 11.3 Å². The smallest absolute Gasteiger partial charge is 0.253 e. The molecule has 0 aliphatic rings. The van der Waals surface area contributed by atoms with Crippen LogP contribution < -0.4 is 5.32 Å². The summed E-state index contributed by atoms with van der Waals surface area (Å²) in [5, 5.41) is 6.22. The van der Waals surface area contributed by atoms with Gasteiger partial charge in [-0.2, -0.15) is 0 Å². The predicted octanol–water partition coefficient (Wildman–Crippen LogP) is 4.57. The van der Waals surface area contributed by atoms with Crippen LogP contribution in [0.4, 0.5) is 4.39 Å². The quantitative estimate of drug-likeness (QED) is 0.565. The first kappa shape index (κ1) is 17.5. The molecule has 2 aromatic heterocycles. The van der Waals surface area contributed by atoms with Gasteiger partial charge < -0.3 is 5.32 Å². The van der Waals surface area contributed by atoms with Crippen molar-refractivity contribution in [3.8, 4) is 0 Å². The van der Waals surface area contributed by atoms with Gasteiger partial charge in [0, 0.05) is 17.3 Å². The Kier molecular flexibility index (Phi) is 4.58. The van der Waals surface area contributed by atoms with Crippen LogP contribution in [0.25, 0.3) is 21.1 Å². The number of halogens is 1. The summed E-state index contributed by atoms with van der Waals surface area (Å²) in [5.74, 6) is -0.828. The molecule has 6 heteroatoms. The van der Waals surface area contributed by atoms with Gasteiger partial charge in [-0.25, -0.2) is 14.4 Å². The van der Waals surface area contributed by atoms with Gasteiger partial charge in [0.05, 0.1) is 22.5 Å². The van der Waals surface area contributed by atoms with Crippen LogP contribution in [-0.4, -0.2) is 22.4 Å². The lowest BCUT2D eigenvalue weighted by Gasteiger charge is -2.09. The molecule has 1 amide bonds. The highest BCUT2D eigenvalue weighted by molar-refractivity contribution is 7.17. The topological polar surface area (TPSA) is 54.9 Å². The number of nitrogens with one attached hydrogen (secondary N) is 1. The number of nitrogens with zero attached hydrogens (tertiary/aromatic N) is 2. The highest BCUT2D eigenvalue weighted by Crippen LogP contribution is 2.25. The van der Waals surface area contributed by atoms with Gasteiger partial charge in [0.2, 0.25) is 0 Å². The van der Waals surface area contributed by atoms with Crippen molar-refractivity contribution >= 4 is 38.4 Å². The van der Waals surface area contributed by atoms with Gasteiger partial charge in [0.1, 0.15) is 11.3 Å². The summed E-state index contributed by atoms with van der Waals surface area (Å²) in [6.45, 7) is 4.11. The molecular formula is C21H18FN3OS. The summed E-state index contributed by atoms with van der Waals surface area (Å²) in [4.78, 5) is 21.5. The Balaban J connectivity index is 1.55. The predicted molar refractivity (Wildman–Crippen MR) is 107 cm³/mol. The van der Waals surface area contributed by atoms with E-state index in [0.29, 0.717) is 24.0 Å². The SMILES string of the molecule is Cc1nc2cc(F)cc(C(=O)NCCc3csc4ccccc34)c2nc1C. The number of carbonyl (C=O) groups excluding carboxylic acids is 1. The lowest BCUT2D eigenvalue weighted by Crippen LogP contribution is -2.26. The number of fused-ring (bicyclic) bond motifs is 2. The van der Waals surface area contributed by atoms with Gasteiger partial charge in [0.25, 0.3) is 5.91 Å². The van der Waals surface area contributed by atoms with E-state index < -0.39 is 5.82 Å². The number of amides is 1. The molecular weight excluding hydrogens is 361 g/mol. The van der Waals surface area contributed by atoms with Gasteiger partial charge >= 0.3 is 0 Å². The maximum absolute atomic E-state index is 14.0. The molecule has 2 aromatic carbocycles. The summed E-state index contributed by atoms with van der Waals surface area (Å²) in [6, 6.07) is 10.7. The molecule has 0 saturated carbocycles. The Morgan fingerprint density at radius 3 is 2.78 bits per heavy atom. The van der Waals surface area contributed by atoms with Crippen molar-refractivity contribution in [2.24, 2.45) is 0 Å². The van der Waals surface area contributed by atoms with E-state index in [4.69, 9.17) is 0 Å². The average molecular weight is 379 g/mol. The monoisotopic (exact) mass is 379 g/mol. The second-order valence-corrected chi connectivity index (χ2v) is 7.39. The largest absolute Gasteiger partial charge is 0.352 e. The minimum absolute atomic E-state index is 0.218. The second-order valence-electron chi connectivity index (χ2n) is 6.48. The van der Waals surface area contributed by atoms with Crippen LogP contribution in [0.1, 0.15) is 27.3 Å². The number of hydrogen-bond donors (Lipinski definition) is 1. The molecule has 4 rings (SSSR count). The number of carbonyl (C=O) groups is 1. The highest BCUT2D eigenvalue weighted by Gasteiger charge is 2.15. The van der Waals surface area contributed by atoms with E-state index >= 15 is 0 Å². The third-order valence-corrected chi connectivity index (χ3v) is 5.64. The molecule has 0 atom stereocenters. The summed E-state index contributed by atoms with van der Waals surface area (Å²) in [7, 11) is 0. The molecule has 4 aromatic rings. The molecule has 0 spiro atoms. The number of rotatable bonds is 4. The van der Waals surface area contributed by atoms with Gasteiger partial charge in [-0.3, -0.25) is 4.79 Å². The molecule has 27 heavy (non-hydrogen) atoms. The van der Waals surface area contributed by atoms with Crippen LogP contribution in [0, 0.1) is 19.7 Å². The Morgan fingerprint density at radius 1 is 1.15 bits per heavy atom. The molecule has 0 aliphatic heterocycles. The molecule has 0 aliphatic carbocycles. The van der Waals surface area contributed by atoms with Crippen LogP contribution >= 0.6 is 11.3 Å². The third-order valence-electron chi connectivity index (χ3n) is 4.63. The molecule has 0 fully saturated rings. The Labute approximate surface area is 160 Å². The van der Waals surface area contributed by atoms with E-state index in [2.05, 4.69) is 32.8 Å². The van der Waals surface area contributed by atoms with E-state index in [1.807, 2.05) is 26.0 Å². The zero-order chi connectivity index (χ0) is 19.0. The first-order chi connectivity index (χ1) is 13.0. The third kappa shape index (κ3) is 3.40. The summed E-state index contributed by atoms with van der Waals surface area (Å²) < 4.78 is 15.2. The van der Waals surface area contributed by atoms with Crippen molar-refractivity contribution in [2.45, 2.75) is 20.3 Å². The standard InChI is InChI=1S/C21H18FN3OS/c1-12-13(2)25-20-17(9-15(22)10-18(20)24-12)21(26)23-8-7-14-11-27-19-6-4-3-5-16(14)19/h3-6,9-11H,7-8H2,1-2H3,(H,23,26). The molecule has 0 radical (unpaired) electrons. The zero-order valence-electron chi connectivity index (χ0n) is 15.0.